The van der Waals surface area contributed by atoms with Crippen molar-refractivity contribution < 1.29 is 28.6 Å². The van der Waals surface area contributed by atoms with Gasteiger partial charge >= 0.3 is 5.97 Å². The van der Waals surface area contributed by atoms with E-state index >= 15 is 0 Å². The maximum Gasteiger partial charge on any atom is 0.335 e. The molecule has 6 nitrogen and oxygen atoms in total. The van der Waals surface area contributed by atoms with Crippen LogP contribution in [0.1, 0.15) is 17.3 Å². The third-order valence-corrected chi connectivity index (χ3v) is 2.41. The van der Waals surface area contributed by atoms with Gasteiger partial charge in [-0.05, 0) is 19.1 Å². The first-order valence-electron chi connectivity index (χ1n) is 5.91. The summed E-state index contributed by atoms with van der Waals surface area (Å²) >= 11 is 0. The third kappa shape index (κ3) is 4.85. The number of carbonyl (C=O) groups excluding carboxylic acids is 1. The van der Waals surface area contributed by atoms with Crippen LogP contribution in [0, 0.1) is 5.82 Å². The van der Waals surface area contributed by atoms with E-state index in [-0.39, 0.29) is 11.3 Å². The lowest BCUT2D eigenvalue weighted by Crippen LogP contribution is -2.37. The number of aromatic carboxylic acids is 1. The van der Waals surface area contributed by atoms with E-state index in [0.717, 1.165) is 18.2 Å². The minimum Gasteiger partial charge on any atom is -0.481 e. The van der Waals surface area contributed by atoms with E-state index in [9.17, 15) is 14.0 Å². The number of carbonyl (C=O) groups is 2. The number of amides is 1. The van der Waals surface area contributed by atoms with Crippen molar-refractivity contribution in [3.05, 3.63) is 29.6 Å². The summed E-state index contributed by atoms with van der Waals surface area (Å²) < 4.78 is 23.2. The van der Waals surface area contributed by atoms with Gasteiger partial charge in [0.25, 0.3) is 5.91 Å². The highest BCUT2D eigenvalue weighted by molar-refractivity contribution is 5.88. The van der Waals surface area contributed by atoms with Gasteiger partial charge in [0.05, 0.1) is 12.2 Å². The number of carboxylic acids is 1. The van der Waals surface area contributed by atoms with Crippen LogP contribution >= 0.6 is 0 Å². The fourth-order valence-electron chi connectivity index (χ4n) is 1.43. The Morgan fingerprint density at radius 3 is 2.70 bits per heavy atom. The standard InChI is InChI=1S/C13H16FNO5/c1-8(12(16)15-3-4-19-2)20-11-6-9(13(17)18)5-10(14)7-11/h5-8H,3-4H2,1-2H3,(H,15,16)(H,17,18). The number of rotatable bonds is 7. The second kappa shape index (κ2) is 7.44. The van der Waals surface area contributed by atoms with E-state index < -0.39 is 23.8 Å². The molecular weight excluding hydrogens is 269 g/mol. The van der Waals surface area contributed by atoms with Gasteiger partial charge in [-0.2, -0.15) is 0 Å². The monoisotopic (exact) mass is 285 g/mol. The fraction of sp³-hybridized carbons (Fsp3) is 0.385. The average molecular weight is 285 g/mol. The first kappa shape index (κ1) is 15.9. The van der Waals surface area contributed by atoms with E-state index in [4.69, 9.17) is 14.6 Å². The van der Waals surface area contributed by atoms with Crippen molar-refractivity contribution in [2.45, 2.75) is 13.0 Å². The van der Waals surface area contributed by atoms with Crippen LogP contribution in [0.5, 0.6) is 5.75 Å². The first-order chi connectivity index (χ1) is 9.43. The van der Waals surface area contributed by atoms with Gasteiger partial charge < -0.3 is 19.9 Å². The Bertz CT molecular complexity index is 492. The van der Waals surface area contributed by atoms with Crippen LogP contribution < -0.4 is 10.1 Å². The molecule has 1 atom stereocenters. The summed E-state index contributed by atoms with van der Waals surface area (Å²) in [6, 6.07) is 3.05. The number of ether oxygens (including phenoxy) is 2. The summed E-state index contributed by atoms with van der Waals surface area (Å²) in [7, 11) is 1.51. The van der Waals surface area contributed by atoms with E-state index in [2.05, 4.69) is 5.32 Å². The van der Waals surface area contributed by atoms with Gasteiger partial charge in [0.15, 0.2) is 6.10 Å². The summed E-state index contributed by atoms with van der Waals surface area (Å²) in [6.45, 7) is 2.17. The Balaban J connectivity index is 2.67. The Hall–Kier alpha value is -2.15. The Labute approximate surface area is 115 Å². The van der Waals surface area contributed by atoms with Crippen LogP contribution in [0.3, 0.4) is 0 Å². The predicted molar refractivity (Wildman–Crippen MR) is 68.3 cm³/mol. The van der Waals surface area contributed by atoms with Crippen LogP contribution in [-0.2, 0) is 9.53 Å². The minimum absolute atomic E-state index is 0.0169. The largest absolute Gasteiger partial charge is 0.481 e. The van der Waals surface area contributed by atoms with Crippen molar-refractivity contribution in [3.63, 3.8) is 0 Å². The zero-order valence-electron chi connectivity index (χ0n) is 11.2. The molecule has 110 valence electrons. The number of hydrogen-bond acceptors (Lipinski definition) is 4. The van der Waals surface area contributed by atoms with Gasteiger partial charge in [0.2, 0.25) is 0 Å². The molecular formula is C13H16FNO5. The summed E-state index contributed by atoms with van der Waals surface area (Å²) in [6.07, 6.45) is -0.879. The topological polar surface area (TPSA) is 84.9 Å². The third-order valence-electron chi connectivity index (χ3n) is 2.41. The highest BCUT2D eigenvalue weighted by atomic mass is 19.1. The van der Waals surface area contributed by atoms with Crippen LogP contribution in [0.2, 0.25) is 0 Å². The number of methoxy groups -OCH3 is 1. The van der Waals surface area contributed by atoms with E-state index in [1.165, 1.54) is 14.0 Å². The van der Waals surface area contributed by atoms with Crippen molar-refractivity contribution in [2.75, 3.05) is 20.3 Å². The van der Waals surface area contributed by atoms with Crippen molar-refractivity contribution in [2.24, 2.45) is 0 Å². The highest BCUT2D eigenvalue weighted by Crippen LogP contribution is 2.18. The van der Waals surface area contributed by atoms with Crippen molar-refractivity contribution in [1.29, 1.82) is 0 Å². The molecule has 7 heteroatoms. The number of halogens is 1. The molecule has 0 spiro atoms. The second-order valence-electron chi connectivity index (χ2n) is 4.02. The summed E-state index contributed by atoms with van der Waals surface area (Å²) in [5, 5.41) is 11.4. The molecule has 1 unspecified atom stereocenters. The maximum absolute atomic E-state index is 13.2. The molecule has 1 aromatic rings. The van der Waals surface area contributed by atoms with Gasteiger partial charge in [-0.15, -0.1) is 0 Å². The van der Waals surface area contributed by atoms with E-state index in [1.807, 2.05) is 0 Å². The van der Waals surface area contributed by atoms with Crippen LogP contribution in [-0.4, -0.2) is 43.3 Å². The van der Waals surface area contributed by atoms with Crippen LogP contribution in [0.25, 0.3) is 0 Å². The second-order valence-corrected chi connectivity index (χ2v) is 4.02. The fourth-order valence-corrected chi connectivity index (χ4v) is 1.43. The highest BCUT2D eigenvalue weighted by Gasteiger charge is 2.16. The molecule has 0 aliphatic heterocycles. The molecule has 0 heterocycles. The molecule has 1 aromatic carbocycles. The first-order valence-corrected chi connectivity index (χ1v) is 5.91. The van der Waals surface area contributed by atoms with Crippen molar-refractivity contribution >= 4 is 11.9 Å². The lowest BCUT2D eigenvalue weighted by Gasteiger charge is -2.15. The van der Waals surface area contributed by atoms with Crippen molar-refractivity contribution in [1.82, 2.24) is 5.32 Å². The SMILES string of the molecule is COCCNC(=O)C(C)Oc1cc(F)cc(C(=O)O)c1. The molecule has 20 heavy (non-hydrogen) atoms. The lowest BCUT2D eigenvalue weighted by molar-refractivity contribution is -0.127. The number of benzene rings is 1. The molecule has 0 aliphatic rings. The minimum atomic E-state index is -1.27. The summed E-state index contributed by atoms with van der Waals surface area (Å²) in [5.41, 5.74) is -0.244. The van der Waals surface area contributed by atoms with Gasteiger partial charge in [-0.3, -0.25) is 4.79 Å². The molecule has 0 fully saturated rings. The lowest BCUT2D eigenvalue weighted by atomic mass is 10.2. The maximum atomic E-state index is 13.2. The quantitative estimate of drug-likeness (QED) is 0.732. The van der Waals surface area contributed by atoms with Crippen LogP contribution in [0.4, 0.5) is 4.39 Å². The molecule has 1 rings (SSSR count). The van der Waals surface area contributed by atoms with E-state index in [1.54, 1.807) is 0 Å². The number of carboxylic acid groups (broad SMARTS) is 1. The van der Waals surface area contributed by atoms with Crippen molar-refractivity contribution in [3.8, 4) is 5.75 Å². The molecule has 0 bridgehead atoms. The Morgan fingerprint density at radius 1 is 1.40 bits per heavy atom. The molecule has 2 N–H and O–H groups in total. The predicted octanol–water partition coefficient (Wildman–Crippen LogP) is 1.05. The summed E-state index contributed by atoms with van der Waals surface area (Å²) in [5.74, 6) is -2.43. The van der Waals surface area contributed by atoms with E-state index in [0.29, 0.717) is 13.2 Å². The molecule has 0 aromatic heterocycles. The van der Waals surface area contributed by atoms with Crippen LogP contribution in [0.15, 0.2) is 18.2 Å². The average Bonchev–Trinajstić information content (AvgIpc) is 2.38. The number of nitrogens with one attached hydrogen (secondary N) is 1. The Morgan fingerprint density at radius 2 is 2.10 bits per heavy atom. The zero-order chi connectivity index (χ0) is 15.1. The normalized spacial score (nSPS) is 11.8. The Kier molecular flexibility index (Phi) is 5.92. The van der Waals surface area contributed by atoms with Gasteiger partial charge in [0.1, 0.15) is 11.6 Å². The molecule has 0 saturated heterocycles. The van der Waals surface area contributed by atoms with Gasteiger partial charge in [-0.25, -0.2) is 9.18 Å². The molecule has 0 radical (unpaired) electrons. The van der Waals surface area contributed by atoms with Gasteiger partial charge in [-0.1, -0.05) is 0 Å². The zero-order valence-corrected chi connectivity index (χ0v) is 11.2. The number of hydrogen-bond donors (Lipinski definition) is 2. The smallest absolute Gasteiger partial charge is 0.335 e. The molecule has 0 saturated carbocycles. The summed E-state index contributed by atoms with van der Waals surface area (Å²) in [4.78, 5) is 22.4. The molecule has 1 amide bonds. The van der Waals surface area contributed by atoms with Gasteiger partial charge in [0, 0.05) is 19.7 Å². The molecule has 0 aliphatic carbocycles.